The summed E-state index contributed by atoms with van der Waals surface area (Å²) in [6.45, 7) is 1.50. The third-order valence-electron chi connectivity index (χ3n) is 2.53. The fourth-order valence-corrected chi connectivity index (χ4v) is 1.70. The van der Waals surface area contributed by atoms with Gasteiger partial charge in [-0.1, -0.05) is 5.21 Å². The van der Waals surface area contributed by atoms with Crippen molar-refractivity contribution in [2.24, 2.45) is 0 Å². The molecule has 2 aromatic heterocycles. The van der Waals surface area contributed by atoms with Crippen LogP contribution >= 0.6 is 0 Å². The highest BCUT2D eigenvalue weighted by Gasteiger charge is 2.15. The second-order valence-electron chi connectivity index (χ2n) is 4.35. The van der Waals surface area contributed by atoms with Crippen LogP contribution in [0.2, 0.25) is 0 Å². The van der Waals surface area contributed by atoms with Crippen LogP contribution in [-0.4, -0.2) is 38.0 Å². The van der Waals surface area contributed by atoms with Crippen molar-refractivity contribution in [3.8, 4) is 0 Å². The van der Waals surface area contributed by atoms with Gasteiger partial charge in [-0.05, 0) is 19.1 Å². The Bertz CT molecular complexity index is 590. The first-order valence-corrected chi connectivity index (χ1v) is 6.00. The molecule has 0 bridgehead atoms. The maximum Gasteiger partial charge on any atom is 0.325 e. The highest BCUT2D eigenvalue weighted by molar-refractivity contribution is 5.92. The number of hydrogen-bond donors (Lipinski definition) is 2. The molecule has 0 aromatic carbocycles. The Morgan fingerprint density at radius 2 is 2.35 bits per heavy atom. The lowest BCUT2D eigenvalue weighted by molar-refractivity contribution is -0.137. The topological polar surface area (TPSA) is 110 Å². The Kier molecular flexibility index (Phi) is 4.14. The first kappa shape index (κ1) is 13.8. The Morgan fingerprint density at radius 3 is 3.00 bits per heavy atom. The molecule has 0 aliphatic carbocycles. The molecule has 0 radical (unpaired) electrons. The van der Waals surface area contributed by atoms with E-state index in [2.05, 4.69) is 15.6 Å². The molecule has 8 heteroatoms. The Balaban J connectivity index is 1.90. The van der Waals surface area contributed by atoms with E-state index in [0.717, 1.165) is 10.4 Å². The summed E-state index contributed by atoms with van der Waals surface area (Å²) < 4.78 is 6.28. The summed E-state index contributed by atoms with van der Waals surface area (Å²) in [6.07, 6.45) is 3.42. The first-order valence-electron chi connectivity index (χ1n) is 6.00. The Morgan fingerprint density at radius 1 is 1.55 bits per heavy atom. The van der Waals surface area contributed by atoms with Crippen molar-refractivity contribution in [1.29, 1.82) is 0 Å². The number of carbonyl (C=O) groups is 2. The predicted molar refractivity (Wildman–Crippen MR) is 67.0 cm³/mol. The van der Waals surface area contributed by atoms with Gasteiger partial charge in [-0.15, -0.1) is 5.10 Å². The van der Waals surface area contributed by atoms with E-state index in [1.54, 1.807) is 12.3 Å². The molecule has 1 atom stereocenters. The summed E-state index contributed by atoms with van der Waals surface area (Å²) in [6, 6.07) is 3.46. The zero-order valence-corrected chi connectivity index (χ0v) is 10.8. The van der Waals surface area contributed by atoms with E-state index in [1.807, 2.05) is 13.0 Å². The minimum Gasteiger partial charge on any atom is -0.480 e. The summed E-state index contributed by atoms with van der Waals surface area (Å²) in [4.78, 5) is 22.4. The van der Waals surface area contributed by atoms with Crippen molar-refractivity contribution < 1.29 is 19.1 Å². The number of aromatic nitrogens is 3. The lowest BCUT2D eigenvalue weighted by Gasteiger charge is -2.10. The third-order valence-corrected chi connectivity index (χ3v) is 2.53. The largest absolute Gasteiger partial charge is 0.480 e. The molecule has 0 aliphatic rings. The van der Waals surface area contributed by atoms with E-state index in [1.165, 1.54) is 6.20 Å². The summed E-state index contributed by atoms with van der Waals surface area (Å²) in [5.74, 6) is -0.680. The van der Waals surface area contributed by atoms with E-state index in [-0.39, 0.29) is 18.3 Å². The third kappa shape index (κ3) is 3.67. The molecule has 2 aromatic rings. The van der Waals surface area contributed by atoms with Gasteiger partial charge < -0.3 is 14.8 Å². The van der Waals surface area contributed by atoms with Gasteiger partial charge in [0.25, 0.3) is 5.91 Å². The molecule has 8 nitrogen and oxygen atoms in total. The highest BCUT2D eigenvalue weighted by Crippen LogP contribution is 2.04. The van der Waals surface area contributed by atoms with Gasteiger partial charge in [-0.3, -0.25) is 9.59 Å². The number of nitrogens with one attached hydrogen (secondary N) is 1. The number of hydrogen-bond acceptors (Lipinski definition) is 5. The number of rotatable bonds is 6. The average Bonchev–Trinajstić information content (AvgIpc) is 2.99. The predicted octanol–water partition coefficient (Wildman–Crippen LogP) is 0.317. The van der Waals surface area contributed by atoms with Crippen LogP contribution < -0.4 is 5.32 Å². The van der Waals surface area contributed by atoms with Crippen molar-refractivity contribution in [3.05, 3.63) is 36.0 Å². The van der Waals surface area contributed by atoms with Crippen LogP contribution in [-0.2, 0) is 17.8 Å². The van der Waals surface area contributed by atoms with Crippen LogP contribution in [0.1, 0.15) is 23.2 Å². The van der Waals surface area contributed by atoms with Gasteiger partial charge >= 0.3 is 5.97 Å². The molecule has 20 heavy (non-hydrogen) atoms. The van der Waals surface area contributed by atoms with Gasteiger partial charge in [0.15, 0.2) is 5.69 Å². The second kappa shape index (κ2) is 6.00. The van der Waals surface area contributed by atoms with Crippen molar-refractivity contribution >= 4 is 11.9 Å². The molecule has 0 saturated carbocycles. The van der Waals surface area contributed by atoms with E-state index < -0.39 is 11.9 Å². The fourth-order valence-electron chi connectivity index (χ4n) is 1.70. The zero-order valence-electron chi connectivity index (χ0n) is 10.8. The van der Waals surface area contributed by atoms with Crippen molar-refractivity contribution in [2.45, 2.75) is 25.9 Å². The van der Waals surface area contributed by atoms with Gasteiger partial charge in [0.1, 0.15) is 12.3 Å². The Hall–Kier alpha value is -2.64. The molecule has 2 heterocycles. The van der Waals surface area contributed by atoms with Gasteiger partial charge in [-0.2, -0.15) is 0 Å². The standard InChI is InChI=1S/C12H14N4O4/c1-8(5-9-3-2-4-20-9)13-12(19)10-6-16(15-14-10)7-11(17)18/h2-4,6,8H,5,7H2,1H3,(H,13,19)(H,17,18). The lowest BCUT2D eigenvalue weighted by Crippen LogP contribution is -2.34. The van der Waals surface area contributed by atoms with E-state index in [4.69, 9.17) is 9.52 Å². The maximum absolute atomic E-state index is 11.9. The van der Waals surface area contributed by atoms with Crippen molar-refractivity contribution in [3.63, 3.8) is 0 Å². The van der Waals surface area contributed by atoms with E-state index in [9.17, 15) is 9.59 Å². The van der Waals surface area contributed by atoms with Crippen LogP contribution in [0.3, 0.4) is 0 Å². The van der Waals surface area contributed by atoms with Crippen LogP contribution in [0.15, 0.2) is 29.0 Å². The SMILES string of the molecule is CC(Cc1ccco1)NC(=O)c1cn(CC(=O)O)nn1. The summed E-state index contributed by atoms with van der Waals surface area (Å²) >= 11 is 0. The fraction of sp³-hybridized carbons (Fsp3) is 0.333. The zero-order chi connectivity index (χ0) is 14.5. The molecule has 1 unspecified atom stereocenters. The molecule has 0 aliphatic heterocycles. The quantitative estimate of drug-likeness (QED) is 0.787. The number of amides is 1. The van der Waals surface area contributed by atoms with Crippen molar-refractivity contribution in [1.82, 2.24) is 20.3 Å². The van der Waals surface area contributed by atoms with Crippen LogP contribution in [0.5, 0.6) is 0 Å². The number of carboxylic acid groups (broad SMARTS) is 1. The molecule has 0 fully saturated rings. The highest BCUT2D eigenvalue weighted by atomic mass is 16.4. The van der Waals surface area contributed by atoms with E-state index >= 15 is 0 Å². The molecule has 1 amide bonds. The number of furan rings is 1. The van der Waals surface area contributed by atoms with Gasteiger partial charge in [-0.25, -0.2) is 4.68 Å². The first-order chi connectivity index (χ1) is 9.54. The van der Waals surface area contributed by atoms with Gasteiger partial charge in [0.2, 0.25) is 0 Å². The van der Waals surface area contributed by atoms with E-state index in [0.29, 0.717) is 6.42 Å². The Labute approximate surface area is 114 Å². The average molecular weight is 278 g/mol. The maximum atomic E-state index is 11.9. The van der Waals surface area contributed by atoms with Crippen LogP contribution in [0.4, 0.5) is 0 Å². The number of carboxylic acids is 1. The monoisotopic (exact) mass is 278 g/mol. The summed E-state index contributed by atoms with van der Waals surface area (Å²) in [5.41, 5.74) is 0.0811. The normalized spacial score (nSPS) is 12.1. The molecular formula is C12H14N4O4. The van der Waals surface area contributed by atoms with Crippen LogP contribution in [0.25, 0.3) is 0 Å². The summed E-state index contributed by atoms with van der Waals surface area (Å²) in [5, 5.41) is 18.5. The lowest BCUT2D eigenvalue weighted by atomic mass is 10.2. The molecule has 2 N–H and O–H groups in total. The number of aliphatic carboxylic acids is 1. The minimum absolute atomic E-state index is 0.0811. The summed E-state index contributed by atoms with van der Waals surface area (Å²) in [7, 11) is 0. The molecular weight excluding hydrogens is 264 g/mol. The minimum atomic E-state index is -1.05. The number of nitrogens with zero attached hydrogens (tertiary/aromatic N) is 3. The molecule has 0 spiro atoms. The number of carbonyl (C=O) groups excluding carboxylic acids is 1. The second-order valence-corrected chi connectivity index (χ2v) is 4.35. The molecule has 2 rings (SSSR count). The van der Waals surface area contributed by atoms with Crippen molar-refractivity contribution in [2.75, 3.05) is 0 Å². The van der Waals surface area contributed by atoms with Gasteiger partial charge in [0, 0.05) is 12.5 Å². The molecule has 106 valence electrons. The smallest absolute Gasteiger partial charge is 0.325 e. The van der Waals surface area contributed by atoms with Crippen LogP contribution in [0, 0.1) is 0 Å². The molecule has 0 saturated heterocycles. The van der Waals surface area contributed by atoms with Gasteiger partial charge in [0.05, 0.1) is 12.5 Å².